The number of carbonyl (C=O) groups excluding carboxylic acids is 1. The summed E-state index contributed by atoms with van der Waals surface area (Å²) >= 11 is 1.13. The summed E-state index contributed by atoms with van der Waals surface area (Å²) in [4.78, 5) is 12.0. The molecule has 0 aliphatic rings. The Balaban J connectivity index is 2.19. The second-order valence-electron chi connectivity index (χ2n) is 3.42. The summed E-state index contributed by atoms with van der Waals surface area (Å²) in [7, 11) is 1.78. The van der Waals surface area contributed by atoms with Gasteiger partial charge in [0.05, 0.1) is 11.3 Å². The van der Waals surface area contributed by atoms with E-state index < -0.39 is 0 Å². The third kappa shape index (κ3) is 2.41. The Labute approximate surface area is 102 Å². The van der Waals surface area contributed by atoms with Gasteiger partial charge in [0.25, 0.3) is 5.91 Å². The number of aryl methyl sites for hydroxylation is 2. The molecular weight excluding hydrogens is 240 g/mol. The number of nitrogens with one attached hydrogen (secondary N) is 1. The highest BCUT2D eigenvalue weighted by atomic mass is 32.1. The van der Waals surface area contributed by atoms with Crippen LogP contribution in [0.3, 0.4) is 0 Å². The minimum atomic E-state index is -0.244. The molecule has 0 atom stereocenters. The van der Waals surface area contributed by atoms with Crippen molar-refractivity contribution in [3.05, 3.63) is 17.5 Å². The topological polar surface area (TPSA) is 98.7 Å². The molecule has 17 heavy (non-hydrogen) atoms. The minimum Gasteiger partial charge on any atom is -0.374 e. The maximum Gasteiger partial charge on any atom is 0.260 e. The van der Waals surface area contributed by atoms with Crippen LogP contribution in [0.1, 0.15) is 23.0 Å². The molecule has 8 heteroatoms. The fourth-order valence-corrected chi connectivity index (χ4v) is 1.94. The third-order valence-corrected chi connectivity index (χ3v) is 2.81. The summed E-state index contributed by atoms with van der Waals surface area (Å²) in [5, 5.41) is 14.9. The highest BCUT2D eigenvalue weighted by Crippen LogP contribution is 2.18. The molecular formula is C9H12N6OS. The van der Waals surface area contributed by atoms with Crippen molar-refractivity contribution in [2.24, 2.45) is 7.05 Å². The fraction of sp³-hybridized carbons (Fsp3) is 0.333. The van der Waals surface area contributed by atoms with Crippen LogP contribution in [0.2, 0.25) is 0 Å². The first-order valence-electron chi connectivity index (χ1n) is 5.03. The maximum absolute atomic E-state index is 12.0. The Kier molecular flexibility index (Phi) is 3.05. The van der Waals surface area contributed by atoms with Crippen LogP contribution in [0.5, 0.6) is 0 Å². The van der Waals surface area contributed by atoms with Gasteiger partial charge in [-0.2, -0.15) is 5.10 Å². The number of anilines is 2. The monoisotopic (exact) mass is 252 g/mol. The summed E-state index contributed by atoms with van der Waals surface area (Å²) in [5.41, 5.74) is 6.73. The number of aromatic nitrogens is 4. The van der Waals surface area contributed by atoms with Gasteiger partial charge in [-0.05, 0) is 6.42 Å². The highest BCUT2D eigenvalue weighted by Gasteiger charge is 2.15. The Bertz CT molecular complexity index is 545. The fourth-order valence-electron chi connectivity index (χ4n) is 1.43. The number of carbonyl (C=O) groups is 1. The average molecular weight is 252 g/mol. The molecule has 3 N–H and O–H groups in total. The van der Waals surface area contributed by atoms with Gasteiger partial charge in [0.1, 0.15) is 0 Å². The van der Waals surface area contributed by atoms with Crippen LogP contribution in [0.4, 0.5) is 10.3 Å². The second-order valence-corrected chi connectivity index (χ2v) is 4.43. The lowest BCUT2D eigenvalue weighted by Gasteiger charge is -1.99. The second kappa shape index (κ2) is 4.50. The number of hydrogen-bond donors (Lipinski definition) is 2. The largest absolute Gasteiger partial charge is 0.374 e. The third-order valence-electron chi connectivity index (χ3n) is 2.15. The molecule has 0 fully saturated rings. The van der Waals surface area contributed by atoms with Crippen molar-refractivity contribution >= 4 is 27.5 Å². The first kappa shape index (κ1) is 11.5. The Hall–Kier alpha value is -1.96. The molecule has 0 aliphatic carbocycles. The molecule has 0 bridgehead atoms. The molecule has 0 spiro atoms. The van der Waals surface area contributed by atoms with Crippen LogP contribution >= 0.6 is 11.3 Å². The Morgan fingerprint density at radius 3 is 2.94 bits per heavy atom. The lowest BCUT2D eigenvalue weighted by molar-refractivity contribution is 0.102. The number of nitrogens with two attached hydrogens (primary N) is 1. The lowest BCUT2D eigenvalue weighted by Crippen LogP contribution is -2.12. The molecule has 0 radical (unpaired) electrons. The number of hydrogen-bond acceptors (Lipinski definition) is 6. The normalized spacial score (nSPS) is 10.5. The van der Waals surface area contributed by atoms with Crippen molar-refractivity contribution in [3.63, 3.8) is 0 Å². The van der Waals surface area contributed by atoms with E-state index in [-0.39, 0.29) is 5.91 Å². The van der Waals surface area contributed by atoms with E-state index >= 15 is 0 Å². The van der Waals surface area contributed by atoms with Gasteiger partial charge < -0.3 is 5.73 Å². The smallest absolute Gasteiger partial charge is 0.260 e. The first-order chi connectivity index (χ1) is 8.10. The zero-order valence-electron chi connectivity index (χ0n) is 9.47. The predicted octanol–water partition coefficient (Wildman–Crippen LogP) is 0.668. The van der Waals surface area contributed by atoms with E-state index in [4.69, 9.17) is 5.73 Å². The van der Waals surface area contributed by atoms with Gasteiger partial charge >= 0.3 is 0 Å². The van der Waals surface area contributed by atoms with Crippen molar-refractivity contribution in [1.82, 2.24) is 20.0 Å². The standard InChI is InChI=1S/C9H12N6OS/c1-3-6-5(4-15(2)14-6)7(16)11-9-13-12-8(10)17-9/h4H,3H2,1-2H3,(H2,10,12)(H,11,13,16). The lowest BCUT2D eigenvalue weighted by atomic mass is 10.2. The van der Waals surface area contributed by atoms with Crippen LogP contribution < -0.4 is 11.1 Å². The van der Waals surface area contributed by atoms with Crippen molar-refractivity contribution < 1.29 is 4.79 Å². The molecule has 0 saturated heterocycles. The van der Waals surface area contributed by atoms with Crippen molar-refractivity contribution in [1.29, 1.82) is 0 Å². The molecule has 1 amide bonds. The average Bonchev–Trinajstić information content (AvgIpc) is 2.84. The van der Waals surface area contributed by atoms with Gasteiger partial charge in [-0.3, -0.25) is 14.8 Å². The van der Waals surface area contributed by atoms with Crippen molar-refractivity contribution in [2.45, 2.75) is 13.3 Å². The molecule has 2 rings (SSSR count). The molecule has 2 aromatic heterocycles. The van der Waals surface area contributed by atoms with Crippen molar-refractivity contribution in [3.8, 4) is 0 Å². The maximum atomic E-state index is 12.0. The van der Waals surface area contributed by atoms with Gasteiger partial charge in [-0.25, -0.2) is 0 Å². The molecule has 7 nitrogen and oxygen atoms in total. The zero-order chi connectivity index (χ0) is 12.4. The van der Waals surface area contributed by atoms with Crippen molar-refractivity contribution in [2.75, 3.05) is 11.1 Å². The van der Waals surface area contributed by atoms with Crippen LogP contribution in [-0.4, -0.2) is 25.9 Å². The van der Waals surface area contributed by atoms with Gasteiger partial charge in [-0.15, -0.1) is 10.2 Å². The molecule has 0 aliphatic heterocycles. The summed E-state index contributed by atoms with van der Waals surface area (Å²) in [5.74, 6) is -0.244. The van der Waals surface area contributed by atoms with Crippen LogP contribution in [0.15, 0.2) is 6.20 Å². The Morgan fingerprint density at radius 2 is 2.35 bits per heavy atom. The highest BCUT2D eigenvalue weighted by molar-refractivity contribution is 7.19. The van der Waals surface area contributed by atoms with E-state index in [1.807, 2.05) is 6.92 Å². The first-order valence-corrected chi connectivity index (χ1v) is 5.84. The van der Waals surface area contributed by atoms with Crippen LogP contribution in [0, 0.1) is 0 Å². The molecule has 0 unspecified atom stereocenters. The molecule has 0 aromatic carbocycles. The zero-order valence-corrected chi connectivity index (χ0v) is 10.3. The summed E-state index contributed by atoms with van der Waals surface area (Å²) in [6.45, 7) is 1.95. The van der Waals surface area contributed by atoms with Gasteiger partial charge in [0, 0.05) is 13.2 Å². The molecule has 2 heterocycles. The molecule has 90 valence electrons. The number of nitrogens with zero attached hydrogens (tertiary/aromatic N) is 4. The van der Waals surface area contributed by atoms with Gasteiger partial charge in [0.15, 0.2) is 0 Å². The number of nitrogen functional groups attached to an aromatic ring is 1. The van der Waals surface area contributed by atoms with E-state index in [0.29, 0.717) is 22.2 Å². The van der Waals surface area contributed by atoms with Crippen LogP contribution in [-0.2, 0) is 13.5 Å². The molecule has 0 saturated carbocycles. The van der Waals surface area contributed by atoms with Gasteiger partial charge in [-0.1, -0.05) is 18.3 Å². The summed E-state index contributed by atoms with van der Waals surface area (Å²) < 4.78 is 1.61. The summed E-state index contributed by atoms with van der Waals surface area (Å²) in [6.07, 6.45) is 2.38. The number of rotatable bonds is 3. The molecule has 2 aromatic rings. The number of amides is 1. The predicted molar refractivity (Wildman–Crippen MR) is 64.9 cm³/mol. The Morgan fingerprint density at radius 1 is 1.59 bits per heavy atom. The van der Waals surface area contributed by atoms with Gasteiger partial charge in [0.2, 0.25) is 10.3 Å². The van der Waals surface area contributed by atoms with E-state index in [0.717, 1.165) is 17.0 Å². The van der Waals surface area contributed by atoms with E-state index in [1.54, 1.807) is 17.9 Å². The van der Waals surface area contributed by atoms with E-state index in [2.05, 4.69) is 20.6 Å². The van der Waals surface area contributed by atoms with Crippen LogP contribution in [0.25, 0.3) is 0 Å². The SMILES string of the molecule is CCc1nn(C)cc1C(=O)Nc1nnc(N)s1. The quantitative estimate of drug-likeness (QED) is 0.836. The van der Waals surface area contributed by atoms with E-state index in [9.17, 15) is 4.79 Å². The van der Waals surface area contributed by atoms with E-state index in [1.165, 1.54) is 0 Å². The summed E-state index contributed by atoms with van der Waals surface area (Å²) in [6, 6.07) is 0. The minimum absolute atomic E-state index is 0.244.